The fourth-order valence-electron chi connectivity index (χ4n) is 6.19. The van der Waals surface area contributed by atoms with E-state index in [1.165, 1.54) is 12.1 Å². The van der Waals surface area contributed by atoms with E-state index in [1.54, 1.807) is 24.2 Å². The number of rotatable bonds is 3. The molecule has 1 amide bonds. The van der Waals surface area contributed by atoms with Gasteiger partial charge in [-0.25, -0.2) is 8.70 Å². The minimum Gasteiger partial charge on any atom is -0.370 e. The van der Waals surface area contributed by atoms with Gasteiger partial charge in [-0.15, -0.1) is 0 Å². The Balaban J connectivity index is 1.36. The number of piperidine rings is 1. The van der Waals surface area contributed by atoms with E-state index in [2.05, 4.69) is 26.3 Å². The van der Waals surface area contributed by atoms with Crippen LogP contribution in [0.3, 0.4) is 0 Å². The van der Waals surface area contributed by atoms with E-state index in [1.807, 2.05) is 23.3 Å². The van der Waals surface area contributed by atoms with Gasteiger partial charge >= 0.3 is 0 Å². The van der Waals surface area contributed by atoms with Crippen LogP contribution in [-0.2, 0) is 16.6 Å². The van der Waals surface area contributed by atoms with Crippen LogP contribution in [0.4, 0.5) is 10.1 Å². The van der Waals surface area contributed by atoms with Crippen LogP contribution in [-0.4, -0.2) is 71.4 Å². The lowest BCUT2D eigenvalue weighted by atomic mass is 9.73. The van der Waals surface area contributed by atoms with Crippen LogP contribution in [0.25, 0.3) is 10.9 Å². The molecule has 0 saturated carbocycles. The number of nitrogens with zero attached hydrogens (tertiary/aromatic N) is 4. The highest BCUT2D eigenvalue weighted by atomic mass is 32.2. The number of anilines is 1. The van der Waals surface area contributed by atoms with Crippen LogP contribution >= 0.6 is 11.9 Å². The molecule has 0 bridgehead atoms. The van der Waals surface area contributed by atoms with E-state index < -0.39 is 5.41 Å². The van der Waals surface area contributed by atoms with Gasteiger partial charge in [-0.05, 0) is 48.4 Å². The third-order valence-corrected chi connectivity index (χ3v) is 9.05. The lowest BCUT2D eigenvalue weighted by Gasteiger charge is -2.41. The van der Waals surface area contributed by atoms with Crippen molar-refractivity contribution in [3.05, 3.63) is 71.2 Å². The van der Waals surface area contributed by atoms with Crippen molar-refractivity contribution in [3.63, 3.8) is 0 Å². The summed E-state index contributed by atoms with van der Waals surface area (Å²) in [5, 5.41) is 0.651. The Morgan fingerprint density at radius 3 is 2.53 bits per heavy atom. The van der Waals surface area contributed by atoms with Gasteiger partial charge in [0.05, 0.1) is 22.2 Å². The molecule has 0 unspecified atom stereocenters. The van der Waals surface area contributed by atoms with E-state index in [0.717, 1.165) is 29.9 Å². The average Bonchev–Trinajstić information content (AvgIpc) is 3.18. The summed E-state index contributed by atoms with van der Waals surface area (Å²) in [5.41, 5.74) is 3.75. The number of ketones is 1. The van der Waals surface area contributed by atoms with Gasteiger partial charge < -0.3 is 9.80 Å². The quantitative estimate of drug-likeness (QED) is 0.501. The molecular weight excluding hydrogens is 475 g/mol. The topological polar surface area (TPSA) is 56.8 Å². The van der Waals surface area contributed by atoms with Gasteiger partial charge in [0, 0.05) is 57.3 Å². The van der Waals surface area contributed by atoms with Crippen molar-refractivity contribution in [2.24, 2.45) is 0 Å². The second kappa shape index (κ2) is 9.16. The van der Waals surface area contributed by atoms with Crippen molar-refractivity contribution in [2.45, 2.75) is 24.7 Å². The van der Waals surface area contributed by atoms with Gasteiger partial charge in [-0.2, -0.15) is 0 Å². The summed E-state index contributed by atoms with van der Waals surface area (Å²) in [6, 6.07) is 12.7. The van der Waals surface area contributed by atoms with Crippen molar-refractivity contribution in [1.82, 2.24) is 14.2 Å². The molecule has 6 rings (SSSR count). The zero-order valence-electron chi connectivity index (χ0n) is 20.4. The van der Waals surface area contributed by atoms with E-state index in [9.17, 15) is 14.0 Å². The summed E-state index contributed by atoms with van der Waals surface area (Å²) in [6.07, 6.45) is 5.56. The minimum atomic E-state index is -0.459. The van der Waals surface area contributed by atoms with Gasteiger partial charge in [0.15, 0.2) is 0 Å². The highest BCUT2D eigenvalue weighted by Crippen LogP contribution is 2.45. The number of amides is 1. The number of aromatic nitrogens is 1. The highest BCUT2D eigenvalue weighted by Gasteiger charge is 2.48. The Morgan fingerprint density at radius 2 is 1.78 bits per heavy atom. The lowest BCUT2D eigenvalue weighted by molar-refractivity contribution is -0.123. The van der Waals surface area contributed by atoms with Gasteiger partial charge in [-0.1, -0.05) is 36.2 Å². The van der Waals surface area contributed by atoms with E-state index in [-0.39, 0.29) is 17.5 Å². The van der Waals surface area contributed by atoms with Gasteiger partial charge in [-0.3, -0.25) is 14.6 Å². The van der Waals surface area contributed by atoms with Gasteiger partial charge in [0.25, 0.3) is 5.91 Å². The smallest absolute Gasteiger partial charge is 0.257 e. The Hall–Kier alpha value is -2.97. The summed E-state index contributed by atoms with van der Waals surface area (Å²) in [6.45, 7) is 4.16. The predicted molar refractivity (Wildman–Crippen MR) is 141 cm³/mol. The number of hydrogen-bond donors (Lipinski definition) is 0. The second-order valence-electron chi connectivity index (χ2n) is 9.91. The largest absolute Gasteiger partial charge is 0.370 e. The number of halogens is 1. The van der Waals surface area contributed by atoms with Crippen LogP contribution in [0.1, 0.15) is 34.3 Å². The predicted octanol–water partition coefficient (Wildman–Crippen LogP) is 4.07. The van der Waals surface area contributed by atoms with Crippen molar-refractivity contribution < 1.29 is 14.0 Å². The van der Waals surface area contributed by atoms with Crippen LogP contribution in [0.5, 0.6) is 0 Å². The maximum absolute atomic E-state index is 14.4. The molecule has 1 spiro atoms. The summed E-state index contributed by atoms with van der Waals surface area (Å²) < 4.78 is 16.7. The first-order chi connectivity index (χ1) is 17.5. The molecule has 36 heavy (non-hydrogen) atoms. The van der Waals surface area contributed by atoms with E-state index >= 15 is 0 Å². The fourth-order valence-corrected chi connectivity index (χ4v) is 6.71. The SMILES string of the molecule is CSN1CCN(C(=O)c2cnc3ccc(F)cc3c2N2CCC3(CC2)C(=O)Cc2ccccc23)CC1. The number of piperazine rings is 1. The number of carbonyl (C=O) groups excluding carboxylic acids is 2. The first kappa shape index (κ1) is 23.4. The lowest BCUT2D eigenvalue weighted by Crippen LogP contribution is -2.48. The van der Waals surface area contributed by atoms with E-state index in [0.29, 0.717) is 61.9 Å². The van der Waals surface area contributed by atoms with Crippen LogP contribution in [0.2, 0.25) is 0 Å². The molecule has 3 heterocycles. The zero-order valence-corrected chi connectivity index (χ0v) is 21.2. The standard InChI is InChI=1S/C28H29FN4O2S/c1-36-33-14-12-32(13-15-33)27(35)22-18-30-24-7-6-20(29)17-21(24)26(22)31-10-8-28(9-11-31)23-5-3-2-4-19(23)16-25(28)34/h2-7,17-18H,8-16H2,1H3. The number of carbonyl (C=O) groups is 2. The molecule has 2 aromatic carbocycles. The third kappa shape index (κ3) is 3.78. The van der Waals surface area contributed by atoms with Crippen LogP contribution < -0.4 is 4.90 Å². The van der Waals surface area contributed by atoms with Crippen molar-refractivity contribution >= 4 is 40.2 Å². The third-order valence-electron chi connectivity index (χ3n) is 8.17. The first-order valence-electron chi connectivity index (χ1n) is 12.5. The highest BCUT2D eigenvalue weighted by molar-refractivity contribution is 7.96. The molecule has 2 fully saturated rings. The Morgan fingerprint density at radius 1 is 1.03 bits per heavy atom. The number of hydrogen-bond acceptors (Lipinski definition) is 6. The normalized spacial score (nSPS) is 19.8. The second-order valence-corrected chi connectivity index (χ2v) is 10.8. The Kier molecular flexibility index (Phi) is 5.96. The van der Waals surface area contributed by atoms with Gasteiger partial charge in [0.1, 0.15) is 11.6 Å². The number of Topliss-reactive ketones (excluding diaryl/α,β-unsaturated/α-hetero) is 1. The van der Waals surface area contributed by atoms with Crippen LogP contribution in [0.15, 0.2) is 48.7 Å². The number of benzene rings is 2. The molecule has 2 saturated heterocycles. The number of pyridine rings is 1. The van der Waals surface area contributed by atoms with Crippen molar-refractivity contribution in [1.29, 1.82) is 0 Å². The summed E-state index contributed by atoms with van der Waals surface area (Å²) in [4.78, 5) is 35.5. The van der Waals surface area contributed by atoms with Crippen molar-refractivity contribution in [3.8, 4) is 0 Å². The molecular formula is C28H29FN4O2S. The molecule has 186 valence electrons. The maximum atomic E-state index is 14.4. The van der Waals surface area contributed by atoms with E-state index in [4.69, 9.17) is 0 Å². The molecule has 0 atom stereocenters. The Bertz CT molecular complexity index is 1350. The molecule has 1 aromatic heterocycles. The summed E-state index contributed by atoms with van der Waals surface area (Å²) in [5.74, 6) is -0.124. The molecule has 2 aliphatic heterocycles. The molecule has 3 aliphatic rings. The molecule has 8 heteroatoms. The number of fused-ring (bicyclic) bond motifs is 3. The fraction of sp³-hybridized carbons (Fsp3) is 0.393. The summed E-state index contributed by atoms with van der Waals surface area (Å²) in [7, 11) is 0. The maximum Gasteiger partial charge on any atom is 0.257 e. The molecule has 3 aromatic rings. The Labute approximate surface area is 214 Å². The molecule has 0 N–H and O–H groups in total. The molecule has 0 radical (unpaired) electrons. The first-order valence-corrected chi connectivity index (χ1v) is 13.7. The van der Waals surface area contributed by atoms with Gasteiger partial charge in [0.2, 0.25) is 0 Å². The molecule has 1 aliphatic carbocycles. The zero-order chi connectivity index (χ0) is 24.9. The summed E-state index contributed by atoms with van der Waals surface area (Å²) >= 11 is 1.69. The average molecular weight is 505 g/mol. The minimum absolute atomic E-state index is 0.0630. The van der Waals surface area contributed by atoms with Crippen molar-refractivity contribution in [2.75, 3.05) is 50.4 Å². The van der Waals surface area contributed by atoms with Crippen LogP contribution in [0, 0.1) is 5.82 Å². The monoisotopic (exact) mass is 504 g/mol. The molecule has 6 nitrogen and oxygen atoms in total.